The second kappa shape index (κ2) is 7.65. The van der Waals surface area contributed by atoms with Crippen LogP contribution in [0.5, 0.6) is 0 Å². The third-order valence-corrected chi connectivity index (χ3v) is 6.24. The largest absolute Gasteiger partial charge is 0.308 e. The van der Waals surface area contributed by atoms with E-state index in [-0.39, 0.29) is 10.0 Å². The molecule has 0 amide bonds. The number of nitrogens with zero attached hydrogens (tertiary/aromatic N) is 4. The number of halogens is 1. The third kappa shape index (κ3) is 4.16. The van der Waals surface area contributed by atoms with Crippen LogP contribution in [0.1, 0.15) is 11.3 Å². The van der Waals surface area contributed by atoms with Gasteiger partial charge in [-0.15, -0.1) is 0 Å². The minimum atomic E-state index is -3.74. The molecule has 0 N–H and O–H groups in total. The fraction of sp³-hybridized carbons (Fsp3) is 0.438. The quantitative estimate of drug-likeness (QED) is 0.749. The van der Waals surface area contributed by atoms with Gasteiger partial charge < -0.3 is 4.90 Å². The van der Waals surface area contributed by atoms with Crippen LogP contribution in [-0.4, -0.2) is 54.6 Å². The molecule has 1 aromatic carbocycles. The van der Waals surface area contributed by atoms with Gasteiger partial charge in [0.15, 0.2) is 0 Å². The number of sulfonamides is 1. The highest BCUT2D eigenvalue weighted by molar-refractivity contribution is 7.89. The normalized spacial score (nSPS) is 12.3. The van der Waals surface area contributed by atoms with Gasteiger partial charge in [0, 0.05) is 26.7 Å². The predicted octanol–water partition coefficient (Wildman–Crippen LogP) is 2.13. The molecule has 0 bridgehead atoms. The van der Waals surface area contributed by atoms with Crippen molar-refractivity contribution in [3.05, 3.63) is 46.7 Å². The minimum Gasteiger partial charge on any atom is -0.308 e. The lowest BCUT2D eigenvalue weighted by Gasteiger charge is -2.24. The van der Waals surface area contributed by atoms with E-state index in [1.165, 1.54) is 8.99 Å². The smallest absolute Gasteiger partial charge is 0.248 e. The molecule has 1 aromatic heterocycles. The zero-order chi connectivity index (χ0) is 17.9. The summed E-state index contributed by atoms with van der Waals surface area (Å²) in [5.74, 6) is 0. The molecule has 0 aliphatic carbocycles. The van der Waals surface area contributed by atoms with Crippen LogP contribution in [0.2, 0.25) is 5.15 Å². The average molecular weight is 371 g/mol. The maximum atomic E-state index is 13.2. The van der Waals surface area contributed by atoms with Crippen LogP contribution in [-0.2, 0) is 23.6 Å². The van der Waals surface area contributed by atoms with E-state index >= 15 is 0 Å². The van der Waals surface area contributed by atoms with E-state index in [9.17, 15) is 8.42 Å². The van der Waals surface area contributed by atoms with Gasteiger partial charge in [-0.3, -0.25) is 4.68 Å². The Kier molecular flexibility index (Phi) is 6.03. The van der Waals surface area contributed by atoms with E-state index in [0.717, 1.165) is 5.56 Å². The van der Waals surface area contributed by atoms with E-state index in [4.69, 9.17) is 11.6 Å². The summed E-state index contributed by atoms with van der Waals surface area (Å²) in [6.07, 6.45) is 0. The van der Waals surface area contributed by atoms with Gasteiger partial charge in [0.05, 0.1) is 5.69 Å². The lowest BCUT2D eigenvalue weighted by atomic mass is 10.2. The van der Waals surface area contributed by atoms with E-state index in [1.54, 1.807) is 14.0 Å². The minimum absolute atomic E-state index is 0.0846. The lowest BCUT2D eigenvalue weighted by molar-refractivity contribution is 0.329. The number of benzene rings is 1. The zero-order valence-electron chi connectivity index (χ0n) is 14.4. The molecule has 8 heteroatoms. The lowest BCUT2D eigenvalue weighted by Crippen LogP contribution is -2.36. The van der Waals surface area contributed by atoms with Crippen LogP contribution in [0.4, 0.5) is 0 Å². The highest BCUT2D eigenvalue weighted by Crippen LogP contribution is 2.28. The van der Waals surface area contributed by atoms with Crippen molar-refractivity contribution in [2.75, 3.05) is 27.2 Å². The summed E-state index contributed by atoms with van der Waals surface area (Å²) in [6.45, 7) is 2.94. The van der Waals surface area contributed by atoms with Gasteiger partial charge in [0.2, 0.25) is 10.0 Å². The second-order valence-electron chi connectivity index (χ2n) is 5.96. The Morgan fingerprint density at radius 1 is 1.17 bits per heavy atom. The molecule has 0 saturated heterocycles. The number of likely N-dealkylation sites (N-methyl/N-ethyl adjacent to an activating group) is 1. The van der Waals surface area contributed by atoms with Gasteiger partial charge in [-0.1, -0.05) is 41.9 Å². The Morgan fingerprint density at radius 3 is 2.29 bits per heavy atom. The molecule has 24 heavy (non-hydrogen) atoms. The van der Waals surface area contributed by atoms with Crippen LogP contribution < -0.4 is 0 Å². The molecular weight excluding hydrogens is 348 g/mol. The Bertz CT molecular complexity index is 788. The molecule has 0 spiro atoms. The van der Waals surface area contributed by atoms with Crippen LogP contribution in [0, 0.1) is 6.92 Å². The summed E-state index contributed by atoms with van der Waals surface area (Å²) in [4.78, 5) is 2.03. The van der Waals surface area contributed by atoms with Crippen molar-refractivity contribution in [3.63, 3.8) is 0 Å². The number of hydrogen-bond donors (Lipinski definition) is 0. The van der Waals surface area contributed by atoms with Crippen molar-refractivity contribution in [3.8, 4) is 0 Å². The molecule has 0 atom stereocenters. The van der Waals surface area contributed by atoms with Crippen LogP contribution in [0.15, 0.2) is 35.2 Å². The topological polar surface area (TPSA) is 58.4 Å². The first-order valence-corrected chi connectivity index (χ1v) is 9.43. The molecule has 0 unspecified atom stereocenters. The fourth-order valence-electron chi connectivity index (χ4n) is 2.42. The van der Waals surface area contributed by atoms with E-state index in [0.29, 0.717) is 25.3 Å². The molecule has 0 radical (unpaired) electrons. The van der Waals surface area contributed by atoms with Crippen LogP contribution in [0.25, 0.3) is 0 Å². The zero-order valence-corrected chi connectivity index (χ0v) is 16.0. The summed E-state index contributed by atoms with van der Waals surface area (Å²) in [7, 11) is 1.72. The summed E-state index contributed by atoms with van der Waals surface area (Å²) in [6, 6.07) is 9.53. The van der Waals surface area contributed by atoms with Crippen molar-refractivity contribution in [1.29, 1.82) is 0 Å². The fourth-order valence-corrected chi connectivity index (χ4v) is 4.54. The molecule has 0 saturated carbocycles. The number of rotatable bonds is 7. The Balaban J connectivity index is 2.40. The van der Waals surface area contributed by atoms with Crippen molar-refractivity contribution >= 4 is 21.6 Å². The predicted molar refractivity (Wildman–Crippen MR) is 95.5 cm³/mol. The first-order chi connectivity index (χ1) is 11.2. The second-order valence-corrected chi connectivity index (χ2v) is 8.19. The Morgan fingerprint density at radius 2 is 1.79 bits per heavy atom. The monoisotopic (exact) mass is 370 g/mol. The van der Waals surface area contributed by atoms with E-state index in [2.05, 4.69) is 5.10 Å². The van der Waals surface area contributed by atoms with Crippen molar-refractivity contribution < 1.29 is 8.42 Å². The van der Waals surface area contributed by atoms with E-state index in [1.807, 2.05) is 49.3 Å². The maximum Gasteiger partial charge on any atom is 0.248 e. The van der Waals surface area contributed by atoms with Crippen LogP contribution in [0.3, 0.4) is 0 Å². The van der Waals surface area contributed by atoms with Crippen molar-refractivity contribution in [2.45, 2.75) is 18.4 Å². The molecule has 0 aliphatic rings. The summed E-state index contributed by atoms with van der Waals surface area (Å²) >= 11 is 6.19. The van der Waals surface area contributed by atoms with Gasteiger partial charge in [0.25, 0.3) is 0 Å². The number of aryl methyl sites for hydroxylation is 2. The number of hydrogen-bond acceptors (Lipinski definition) is 4. The SMILES string of the molecule is Cc1nn(C)c(Cl)c1S(=O)(=O)N(CCN(C)C)Cc1ccccc1. The van der Waals surface area contributed by atoms with E-state index < -0.39 is 10.0 Å². The molecule has 0 aliphatic heterocycles. The molecule has 132 valence electrons. The molecule has 6 nitrogen and oxygen atoms in total. The molecule has 2 aromatic rings. The molecule has 2 rings (SSSR count). The molecule has 1 heterocycles. The summed E-state index contributed by atoms with van der Waals surface area (Å²) in [5, 5.41) is 4.26. The van der Waals surface area contributed by atoms with Gasteiger partial charge in [-0.2, -0.15) is 9.40 Å². The van der Waals surface area contributed by atoms with Gasteiger partial charge in [0.1, 0.15) is 10.0 Å². The van der Waals surface area contributed by atoms with Gasteiger partial charge in [-0.05, 0) is 26.6 Å². The Hall–Kier alpha value is -1.41. The van der Waals surface area contributed by atoms with Gasteiger partial charge >= 0.3 is 0 Å². The summed E-state index contributed by atoms with van der Waals surface area (Å²) < 4.78 is 29.2. The molecule has 0 fully saturated rings. The van der Waals surface area contributed by atoms with Crippen LogP contribution >= 0.6 is 11.6 Å². The van der Waals surface area contributed by atoms with Gasteiger partial charge in [-0.25, -0.2) is 8.42 Å². The summed E-state index contributed by atoms with van der Waals surface area (Å²) in [5.41, 5.74) is 1.34. The first-order valence-electron chi connectivity index (χ1n) is 7.61. The van der Waals surface area contributed by atoms with Crippen molar-refractivity contribution in [2.24, 2.45) is 7.05 Å². The van der Waals surface area contributed by atoms with Crippen molar-refractivity contribution in [1.82, 2.24) is 19.0 Å². The standard InChI is InChI=1S/C16H23ClN4O2S/c1-13-15(16(17)20(4)18-13)24(22,23)21(11-10-19(2)3)12-14-8-6-5-7-9-14/h5-9H,10-12H2,1-4H3. The highest BCUT2D eigenvalue weighted by atomic mass is 35.5. The average Bonchev–Trinajstić information content (AvgIpc) is 2.77. The number of aromatic nitrogens is 2. The first kappa shape index (κ1) is 18.9. The Labute approximate surface area is 148 Å². The maximum absolute atomic E-state index is 13.2. The highest BCUT2D eigenvalue weighted by Gasteiger charge is 2.31. The molecular formula is C16H23ClN4O2S. The third-order valence-electron chi connectivity index (χ3n) is 3.70.